The molecule has 1 rings (SSSR count). The van der Waals surface area contributed by atoms with Crippen LogP contribution >= 0.6 is 0 Å². The van der Waals surface area contributed by atoms with Crippen LogP contribution in [0.2, 0.25) is 0 Å². The summed E-state index contributed by atoms with van der Waals surface area (Å²) in [6.07, 6.45) is 0.165. The van der Waals surface area contributed by atoms with Crippen molar-refractivity contribution in [2.75, 3.05) is 26.8 Å². The van der Waals surface area contributed by atoms with Crippen molar-refractivity contribution in [3.63, 3.8) is 0 Å². The van der Waals surface area contributed by atoms with Crippen LogP contribution in [0, 0.1) is 0 Å². The zero-order valence-corrected chi connectivity index (χ0v) is 11.5. The van der Waals surface area contributed by atoms with Gasteiger partial charge in [-0.15, -0.1) is 0 Å². The van der Waals surface area contributed by atoms with Crippen molar-refractivity contribution < 1.29 is 9.47 Å². The zero-order valence-electron chi connectivity index (χ0n) is 11.5. The van der Waals surface area contributed by atoms with E-state index in [0.29, 0.717) is 13.2 Å². The summed E-state index contributed by atoms with van der Waals surface area (Å²) in [5.41, 5.74) is 6.94. The van der Waals surface area contributed by atoms with E-state index in [0.717, 1.165) is 17.9 Å². The van der Waals surface area contributed by atoms with Gasteiger partial charge < -0.3 is 20.5 Å². The highest BCUT2D eigenvalue weighted by Gasteiger charge is 2.14. The van der Waals surface area contributed by atoms with Crippen LogP contribution in [0.15, 0.2) is 24.3 Å². The number of hydrogen-bond donors (Lipinski definition) is 2. The van der Waals surface area contributed by atoms with Gasteiger partial charge in [-0.1, -0.05) is 18.2 Å². The predicted octanol–water partition coefficient (Wildman–Crippen LogP) is 1.71. The molecule has 0 fully saturated rings. The van der Waals surface area contributed by atoms with Gasteiger partial charge in [-0.2, -0.15) is 0 Å². The number of hydrogen-bond acceptors (Lipinski definition) is 4. The maximum Gasteiger partial charge on any atom is 0.124 e. The minimum absolute atomic E-state index is 0.0883. The summed E-state index contributed by atoms with van der Waals surface area (Å²) in [4.78, 5) is 0. The number of rotatable bonds is 8. The van der Waals surface area contributed by atoms with Gasteiger partial charge in [-0.3, -0.25) is 0 Å². The average molecular weight is 252 g/mol. The Bertz CT molecular complexity index is 344. The Morgan fingerprint density at radius 3 is 2.67 bits per heavy atom. The van der Waals surface area contributed by atoms with Crippen LogP contribution in [0.25, 0.3) is 0 Å². The lowest BCUT2D eigenvalue weighted by Crippen LogP contribution is -2.34. The molecular formula is C14H24N2O2. The van der Waals surface area contributed by atoms with Gasteiger partial charge in [0.2, 0.25) is 0 Å². The van der Waals surface area contributed by atoms with Gasteiger partial charge in [-0.25, -0.2) is 0 Å². The number of nitrogens with two attached hydrogens (primary N) is 1. The van der Waals surface area contributed by atoms with E-state index in [4.69, 9.17) is 15.2 Å². The summed E-state index contributed by atoms with van der Waals surface area (Å²) < 4.78 is 10.9. The van der Waals surface area contributed by atoms with Gasteiger partial charge in [0.05, 0.1) is 12.7 Å². The fourth-order valence-corrected chi connectivity index (χ4v) is 1.77. The standard InChI is InChI=1S/C14H24N2O2/c1-4-18-14-8-6-5-7-12(14)13(9-15)16-10-11(2)17-3/h5-8,11,13,16H,4,9-10,15H2,1-3H3. The topological polar surface area (TPSA) is 56.5 Å². The Hall–Kier alpha value is -1.10. The van der Waals surface area contributed by atoms with Crippen molar-refractivity contribution >= 4 is 0 Å². The highest BCUT2D eigenvalue weighted by Crippen LogP contribution is 2.24. The molecule has 2 unspecified atom stereocenters. The molecule has 0 saturated heterocycles. The van der Waals surface area contributed by atoms with Crippen molar-refractivity contribution in [3.05, 3.63) is 29.8 Å². The van der Waals surface area contributed by atoms with E-state index in [9.17, 15) is 0 Å². The molecule has 102 valence electrons. The molecule has 1 aromatic carbocycles. The van der Waals surface area contributed by atoms with Crippen LogP contribution in [0.5, 0.6) is 5.75 Å². The van der Waals surface area contributed by atoms with Crippen molar-refractivity contribution in [1.82, 2.24) is 5.32 Å². The average Bonchev–Trinajstić information content (AvgIpc) is 2.41. The first-order chi connectivity index (χ1) is 8.72. The molecule has 0 amide bonds. The number of ether oxygens (including phenoxy) is 2. The maximum absolute atomic E-state index is 5.84. The molecular weight excluding hydrogens is 228 g/mol. The van der Waals surface area contributed by atoms with Crippen molar-refractivity contribution in [2.24, 2.45) is 5.73 Å². The second kappa shape index (κ2) is 8.08. The SMILES string of the molecule is CCOc1ccccc1C(CN)NCC(C)OC. The first-order valence-electron chi connectivity index (χ1n) is 6.40. The zero-order chi connectivity index (χ0) is 13.4. The Kier molecular flexibility index (Phi) is 6.72. The molecule has 0 spiro atoms. The van der Waals surface area contributed by atoms with E-state index in [1.165, 1.54) is 0 Å². The Morgan fingerprint density at radius 2 is 2.06 bits per heavy atom. The number of nitrogens with one attached hydrogen (secondary N) is 1. The first kappa shape index (κ1) is 15.0. The molecule has 18 heavy (non-hydrogen) atoms. The molecule has 0 aliphatic heterocycles. The minimum Gasteiger partial charge on any atom is -0.494 e. The van der Waals surface area contributed by atoms with Crippen LogP contribution in [0.3, 0.4) is 0 Å². The summed E-state index contributed by atoms with van der Waals surface area (Å²) in [6.45, 7) is 5.95. The summed E-state index contributed by atoms with van der Waals surface area (Å²) >= 11 is 0. The molecule has 3 N–H and O–H groups in total. The molecule has 4 nitrogen and oxygen atoms in total. The van der Waals surface area contributed by atoms with E-state index >= 15 is 0 Å². The van der Waals surface area contributed by atoms with E-state index in [2.05, 4.69) is 5.32 Å². The van der Waals surface area contributed by atoms with Gasteiger partial charge >= 0.3 is 0 Å². The molecule has 0 aromatic heterocycles. The lowest BCUT2D eigenvalue weighted by atomic mass is 10.1. The molecule has 0 heterocycles. The summed E-state index contributed by atoms with van der Waals surface area (Å²) in [5, 5.41) is 3.41. The van der Waals surface area contributed by atoms with Gasteiger partial charge in [0.25, 0.3) is 0 Å². The van der Waals surface area contributed by atoms with E-state index in [-0.39, 0.29) is 12.1 Å². The van der Waals surface area contributed by atoms with Gasteiger partial charge in [0.1, 0.15) is 5.75 Å². The van der Waals surface area contributed by atoms with Crippen LogP contribution < -0.4 is 15.8 Å². The van der Waals surface area contributed by atoms with E-state index in [1.807, 2.05) is 38.1 Å². The lowest BCUT2D eigenvalue weighted by molar-refractivity contribution is 0.114. The van der Waals surface area contributed by atoms with Crippen molar-refractivity contribution in [2.45, 2.75) is 26.0 Å². The lowest BCUT2D eigenvalue weighted by Gasteiger charge is -2.22. The molecule has 2 atom stereocenters. The summed E-state index contributed by atoms with van der Waals surface area (Å²) in [5.74, 6) is 0.896. The molecule has 0 radical (unpaired) electrons. The van der Waals surface area contributed by atoms with Gasteiger partial charge in [-0.05, 0) is 19.9 Å². The van der Waals surface area contributed by atoms with Crippen LogP contribution in [0.4, 0.5) is 0 Å². The molecule has 0 aliphatic carbocycles. The smallest absolute Gasteiger partial charge is 0.124 e. The highest BCUT2D eigenvalue weighted by molar-refractivity contribution is 5.36. The highest BCUT2D eigenvalue weighted by atomic mass is 16.5. The number of methoxy groups -OCH3 is 1. The summed E-state index contributed by atoms with van der Waals surface area (Å²) in [6, 6.07) is 8.09. The summed E-state index contributed by atoms with van der Waals surface area (Å²) in [7, 11) is 1.71. The maximum atomic E-state index is 5.84. The number of para-hydroxylation sites is 1. The third-order valence-electron chi connectivity index (χ3n) is 2.88. The molecule has 0 aliphatic rings. The van der Waals surface area contributed by atoms with Crippen molar-refractivity contribution in [1.29, 1.82) is 0 Å². The van der Waals surface area contributed by atoms with Crippen LogP contribution in [-0.2, 0) is 4.74 Å². The monoisotopic (exact) mass is 252 g/mol. The van der Waals surface area contributed by atoms with E-state index in [1.54, 1.807) is 7.11 Å². The second-order valence-electron chi connectivity index (χ2n) is 4.21. The minimum atomic E-state index is 0.0883. The van der Waals surface area contributed by atoms with Crippen LogP contribution in [0.1, 0.15) is 25.5 Å². The third kappa shape index (κ3) is 4.29. The Balaban J connectivity index is 2.74. The molecule has 0 bridgehead atoms. The van der Waals surface area contributed by atoms with E-state index < -0.39 is 0 Å². The third-order valence-corrected chi connectivity index (χ3v) is 2.88. The first-order valence-corrected chi connectivity index (χ1v) is 6.40. The Labute approximate surface area is 109 Å². The molecule has 0 saturated carbocycles. The normalized spacial score (nSPS) is 14.2. The largest absolute Gasteiger partial charge is 0.494 e. The number of benzene rings is 1. The fraction of sp³-hybridized carbons (Fsp3) is 0.571. The van der Waals surface area contributed by atoms with Gasteiger partial charge in [0, 0.05) is 31.8 Å². The predicted molar refractivity (Wildman–Crippen MR) is 73.9 cm³/mol. The molecule has 4 heteroatoms. The molecule has 1 aromatic rings. The fourth-order valence-electron chi connectivity index (χ4n) is 1.77. The quantitative estimate of drug-likeness (QED) is 0.739. The van der Waals surface area contributed by atoms with Crippen molar-refractivity contribution in [3.8, 4) is 5.75 Å². The van der Waals surface area contributed by atoms with Gasteiger partial charge in [0.15, 0.2) is 0 Å². The second-order valence-corrected chi connectivity index (χ2v) is 4.21. The van der Waals surface area contributed by atoms with Crippen LogP contribution in [-0.4, -0.2) is 32.9 Å². The Morgan fingerprint density at radius 1 is 1.33 bits per heavy atom.